The van der Waals surface area contributed by atoms with E-state index in [4.69, 9.17) is 4.74 Å². The number of hydrogen-bond donors (Lipinski definition) is 2. The zero-order valence-electron chi connectivity index (χ0n) is 12.6. The number of hydrogen-bond acceptors (Lipinski definition) is 5. The Morgan fingerprint density at radius 3 is 2.83 bits per heavy atom. The Bertz CT molecular complexity index is 760. The number of thiazole rings is 1. The molecular weight excluding hydrogens is 335 g/mol. The molecule has 0 saturated carbocycles. The number of aliphatic carboxylic acids is 1. The van der Waals surface area contributed by atoms with E-state index in [1.165, 1.54) is 35.6 Å². The van der Waals surface area contributed by atoms with Crippen LogP contribution in [-0.4, -0.2) is 28.6 Å². The lowest BCUT2D eigenvalue weighted by molar-refractivity contribution is -0.139. The van der Waals surface area contributed by atoms with Crippen molar-refractivity contribution >= 4 is 28.3 Å². The van der Waals surface area contributed by atoms with Gasteiger partial charge in [-0.25, -0.2) is 9.37 Å². The van der Waals surface area contributed by atoms with Gasteiger partial charge in [-0.2, -0.15) is 0 Å². The average Bonchev–Trinajstić information content (AvgIpc) is 2.96. The van der Waals surface area contributed by atoms with Crippen LogP contribution in [-0.2, 0) is 16.0 Å². The smallest absolute Gasteiger partial charge is 0.312 e. The molecule has 1 aliphatic carbocycles. The minimum absolute atomic E-state index is 0.238. The number of anilines is 1. The minimum Gasteiger partial charge on any atom is -0.484 e. The van der Waals surface area contributed by atoms with Crippen molar-refractivity contribution in [2.75, 3.05) is 11.9 Å². The van der Waals surface area contributed by atoms with Crippen LogP contribution in [0.5, 0.6) is 5.75 Å². The largest absolute Gasteiger partial charge is 0.484 e. The molecule has 1 aliphatic rings. The molecule has 2 N–H and O–H groups in total. The maximum absolute atomic E-state index is 12.8. The topological polar surface area (TPSA) is 88.5 Å². The van der Waals surface area contributed by atoms with E-state index in [1.54, 1.807) is 0 Å². The predicted octanol–water partition coefficient (Wildman–Crippen LogP) is 2.80. The molecule has 1 aromatic heterocycles. The van der Waals surface area contributed by atoms with Gasteiger partial charge in [0, 0.05) is 4.88 Å². The molecule has 0 saturated heterocycles. The number of carboxylic acids is 1. The van der Waals surface area contributed by atoms with Gasteiger partial charge in [0.1, 0.15) is 17.5 Å². The maximum Gasteiger partial charge on any atom is 0.312 e. The molecule has 0 radical (unpaired) electrons. The molecule has 3 rings (SSSR count). The van der Waals surface area contributed by atoms with E-state index in [9.17, 15) is 19.1 Å². The number of aryl methyl sites for hydroxylation is 1. The number of carbonyl (C=O) groups is 2. The highest BCUT2D eigenvalue weighted by Gasteiger charge is 2.30. The quantitative estimate of drug-likeness (QED) is 0.866. The van der Waals surface area contributed by atoms with Gasteiger partial charge in [0.05, 0.1) is 5.69 Å². The Hall–Kier alpha value is -2.48. The molecule has 6 nitrogen and oxygen atoms in total. The van der Waals surface area contributed by atoms with Gasteiger partial charge < -0.3 is 9.84 Å². The SMILES string of the molecule is O=C(COc1ccc(F)cc1)Nc1nc2c(s1)CCCC2C(=O)O. The molecule has 0 bridgehead atoms. The highest BCUT2D eigenvalue weighted by molar-refractivity contribution is 7.15. The summed E-state index contributed by atoms with van der Waals surface area (Å²) in [5.74, 6) is -1.90. The Balaban J connectivity index is 1.61. The zero-order chi connectivity index (χ0) is 17.1. The summed E-state index contributed by atoms with van der Waals surface area (Å²) in [6.45, 7) is -0.238. The van der Waals surface area contributed by atoms with Gasteiger partial charge >= 0.3 is 5.97 Å². The second-order valence-corrected chi connectivity index (χ2v) is 6.48. The molecule has 0 fully saturated rings. The lowest BCUT2D eigenvalue weighted by Gasteiger charge is -2.16. The third kappa shape index (κ3) is 3.70. The Kier molecular flexibility index (Phi) is 4.75. The van der Waals surface area contributed by atoms with E-state index in [1.807, 2.05) is 0 Å². The number of amides is 1. The second-order valence-electron chi connectivity index (χ2n) is 5.40. The van der Waals surface area contributed by atoms with Crippen molar-refractivity contribution in [3.05, 3.63) is 40.7 Å². The summed E-state index contributed by atoms with van der Waals surface area (Å²) in [6, 6.07) is 5.35. The molecule has 8 heteroatoms. The molecule has 24 heavy (non-hydrogen) atoms. The van der Waals surface area contributed by atoms with E-state index in [2.05, 4.69) is 10.3 Å². The summed E-state index contributed by atoms with van der Waals surface area (Å²) in [7, 11) is 0. The first-order chi connectivity index (χ1) is 11.5. The number of ether oxygens (including phenoxy) is 1. The van der Waals surface area contributed by atoms with Crippen LogP contribution < -0.4 is 10.1 Å². The number of rotatable bonds is 5. The van der Waals surface area contributed by atoms with Crippen LogP contribution in [0.3, 0.4) is 0 Å². The number of carboxylic acid groups (broad SMARTS) is 1. The fraction of sp³-hybridized carbons (Fsp3) is 0.312. The number of halogens is 1. The third-order valence-electron chi connectivity index (χ3n) is 3.68. The molecule has 1 atom stereocenters. The number of aromatic nitrogens is 1. The summed E-state index contributed by atoms with van der Waals surface area (Å²) < 4.78 is 18.1. The van der Waals surface area contributed by atoms with Crippen LogP contribution in [0.15, 0.2) is 24.3 Å². The van der Waals surface area contributed by atoms with Crippen molar-refractivity contribution in [2.45, 2.75) is 25.2 Å². The van der Waals surface area contributed by atoms with Crippen LogP contribution >= 0.6 is 11.3 Å². The van der Waals surface area contributed by atoms with Crippen molar-refractivity contribution in [2.24, 2.45) is 0 Å². The van der Waals surface area contributed by atoms with E-state index in [-0.39, 0.29) is 12.4 Å². The summed E-state index contributed by atoms with van der Waals surface area (Å²) in [4.78, 5) is 28.4. The first-order valence-corrected chi connectivity index (χ1v) is 8.25. The summed E-state index contributed by atoms with van der Waals surface area (Å²) in [5.41, 5.74) is 0.550. The first kappa shape index (κ1) is 16.4. The normalized spacial score (nSPS) is 16.3. The van der Waals surface area contributed by atoms with Crippen LogP contribution in [0.25, 0.3) is 0 Å². The van der Waals surface area contributed by atoms with Crippen molar-refractivity contribution < 1.29 is 23.8 Å². The molecule has 0 spiro atoms. The van der Waals surface area contributed by atoms with Gasteiger partial charge in [0.25, 0.3) is 5.91 Å². The highest BCUT2D eigenvalue weighted by Crippen LogP contribution is 2.36. The molecule has 1 heterocycles. The van der Waals surface area contributed by atoms with Gasteiger partial charge in [-0.05, 0) is 43.5 Å². The fourth-order valence-corrected chi connectivity index (χ4v) is 3.63. The number of fused-ring (bicyclic) bond motifs is 1. The Labute approximate surface area is 141 Å². The molecule has 2 aromatic rings. The summed E-state index contributed by atoms with van der Waals surface area (Å²) >= 11 is 1.30. The van der Waals surface area contributed by atoms with Crippen molar-refractivity contribution in [3.63, 3.8) is 0 Å². The maximum atomic E-state index is 12.8. The summed E-state index contributed by atoms with van der Waals surface area (Å²) in [6.07, 6.45) is 2.14. The summed E-state index contributed by atoms with van der Waals surface area (Å²) in [5, 5.41) is 12.2. The van der Waals surface area contributed by atoms with Crippen molar-refractivity contribution in [1.29, 1.82) is 0 Å². The van der Waals surface area contributed by atoms with Gasteiger partial charge in [0.15, 0.2) is 11.7 Å². The second kappa shape index (κ2) is 6.96. The van der Waals surface area contributed by atoms with Gasteiger partial charge in [0.2, 0.25) is 0 Å². The Morgan fingerprint density at radius 2 is 2.12 bits per heavy atom. The molecule has 1 unspecified atom stereocenters. The number of benzene rings is 1. The van der Waals surface area contributed by atoms with Crippen molar-refractivity contribution in [3.8, 4) is 5.75 Å². The number of carbonyl (C=O) groups excluding carboxylic acids is 1. The molecule has 1 amide bonds. The third-order valence-corrected chi connectivity index (χ3v) is 4.73. The molecule has 0 aliphatic heterocycles. The van der Waals surface area contributed by atoms with Crippen LogP contribution in [0.1, 0.15) is 29.3 Å². The fourth-order valence-electron chi connectivity index (χ4n) is 2.55. The van der Waals surface area contributed by atoms with E-state index in [0.29, 0.717) is 23.0 Å². The Morgan fingerprint density at radius 1 is 1.38 bits per heavy atom. The van der Waals surface area contributed by atoms with Gasteiger partial charge in [-0.1, -0.05) is 0 Å². The zero-order valence-corrected chi connectivity index (χ0v) is 13.4. The number of nitrogens with zero attached hydrogens (tertiary/aromatic N) is 1. The highest BCUT2D eigenvalue weighted by atomic mass is 32.1. The first-order valence-electron chi connectivity index (χ1n) is 7.43. The molecular formula is C16H15FN2O4S. The molecule has 1 aromatic carbocycles. The van der Waals surface area contributed by atoms with E-state index < -0.39 is 17.8 Å². The van der Waals surface area contributed by atoms with E-state index in [0.717, 1.165) is 17.7 Å². The van der Waals surface area contributed by atoms with Gasteiger partial charge in [-0.3, -0.25) is 14.9 Å². The lowest BCUT2D eigenvalue weighted by atomic mass is 9.91. The van der Waals surface area contributed by atoms with E-state index >= 15 is 0 Å². The van der Waals surface area contributed by atoms with Crippen LogP contribution in [0, 0.1) is 5.82 Å². The van der Waals surface area contributed by atoms with Crippen LogP contribution in [0.4, 0.5) is 9.52 Å². The van der Waals surface area contributed by atoms with Gasteiger partial charge in [-0.15, -0.1) is 11.3 Å². The average molecular weight is 350 g/mol. The monoisotopic (exact) mass is 350 g/mol. The van der Waals surface area contributed by atoms with Crippen molar-refractivity contribution in [1.82, 2.24) is 4.98 Å². The van der Waals surface area contributed by atoms with Crippen LogP contribution in [0.2, 0.25) is 0 Å². The minimum atomic E-state index is -0.890. The number of nitrogens with one attached hydrogen (secondary N) is 1. The standard InChI is InChI=1S/C16H15FN2O4S/c17-9-4-6-10(7-5-9)23-8-13(20)18-16-19-14-11(15(21)22)2-1-3-12(14)24-16/h4-7,11H,1-3,8H2,(H,21,22)(H,18,19,20). The predicted molar refractivity (Wildman–Crippen MR) is 86.0 cm³/mol. The lowest BCUT2D eigenvalue weighted by Crippen LogP contribution is -2.20. The molecule has 126 valence electrons.